The molecule has 0 saturated heterocycles. The zero-order valence-corrected chi connectivity index (χ0v) is 17.4. The third-order valence-corrected chi connectivity index (χ3v) is 5.58. The van der Waals surface area contributed by atoms with E-state index in [9.17, 15) is 14.0 Å². The van der Waals surface area contributed by atoms with Crippen LogP contribution in [-0.4, -0.2) is 23.3 Å². The smallest absolute Gasteiger partial charge is 0.256 e. The van der Waals surface area contributed by atoms with Crippen LogP contribution in [0.5, 0.6) is 0 Å². The van der Waals surface area contributed by atoms with Crippen molar-refractivity contribution in [2.24, 2.45) is 0 Å². The van der Waals surface area contributed by atoms with Crippen molar-refractivity contribution in [1.29, 1.82) is 0 Å². The van der Waals surface area contributed by atoms with Crippen LogP contribution in [0.4, 0.5) is 10.1 Å². The van der Waals surface area contributed by atoms with Gasteiger partial charge >= 0.3 is 0 Å². The highest BCUT2D eigenvalue weighted by Gasteiger charge is 2.34. The zero-order valence-electron chi connectivity index (χ0n) is 15.0. The summed E-state index contributed by atoms with van der Waals surface area (Å²) in [5.74, 6) is -1.08. The molecule has 7 heteroatoms. The first-order valence-electron chi connectivity index (χ1n) is 8.84. The third-order valence-electron chi connectivity index (χ3n) is 4.76. The first-order chi connectivity index (χ1) is 13.9. The number of halogens is 3. The SMILES string of the molecule is O=C1CN(C(=O)c2ccccc2Cl)[C@@H](c2ccc(F)cc2)c2cc(Br)ccc2N1. The lowest BCUT2D eigenvalue weighted by Crippen LogP contribution is -2.39. The van der Waals surface area contributed by atoms with E-state index in [1.165, 1.54) is 17.0 Å². The van der Waals surface area contributed by atoms with Gasteiger partial charge in [-0.25, -0.2) is 4.39 Å². The van der Waals surface area contributed by atoms with Gasteiger partial charge < -0.3 is 10.2 Å². The molecule has 0 aromatic heterocycles. The number of nitrogens with one attached hydrogen (secondary N) is 1. The lowest BCUT2D eigenvalue weighted by atomic mass is 9.95. The van der Waals surface area contributed by atoms with Crippen molar-refractivity contribution in [3.63, 3.8) is 0 Å². The van der Waals surface area contributed by atoms with Crippen molar-refractivity contribution in [1.82, 2.24) is 4.90 Å². The van der Waals surface area contributed by atoms with Crippen molar-refractivity contribution in [2.45, 2.75) is 6.04 Å². The maximum atomic E-state index is 13.6. The lowest BCUT2D eigenvalue weighted by Gasteiger charge is -2.31. The van der Waals surface area contributed by atoms with Gasteiger partial charge in [-0.1, -0.05) is 51.8 Å². The van der Waals surface area contributed by atoms with Gasteiger partial charge in [-0.3, -0.25) is 9.59 Å². The third kappa shape index (κ3) is 3.91. The number of anilines is 1. The summed E-state index contributed by atoms with van der Waals surface area (Å²) in [6.45, 7) is -0.168. The Hall–Kier alpha value is -2.70. The first kappa shape index (κ1) is 19.6. The van der Waals surface area contributed by atoms with Crippen LogP contribution in [0.3, 0.4) is 0 Å². The van der Waals surface area contributed by atoms with Crippen molar-refractivity contribution in [3.8, 4) is 0 Å². The summed E-state index contributed by atoms with van der Waals surface area (Å²) < 4.78 is 14.4. The van der Waals surface area contributed by atoms with E-state index in [4.69, 9.17) is 11.6 Å². The van der Waals surface area contributed by atoms with Gasteiger partial charge in [0.25, 0.3) is 5.91 Å². The second-order valence-electron chi connectivity index (χ2n) is 6.65. The molecule has 3 aromatic rings. The summed E-state index contributed by atoms with van der Waals surface area (Å²) in [7, 11) is 0. The van der Waals surface area contributed by atoms with Crippen molar-refractivity contribution >= 4 is 45.0 Å². The van der Waals surface area contributed by atoms with Crippen LogP contribution in [0, 0.1) is 5.82 Å². The Morgan fingerprint density at radius 3 is 2.55 bits per heavy atom. The molecule has 0 unspecified atom stereocenters. The fourth-order valence-corrected chi connectivity index (χ4v) is 4.06. The molecule has 1 aliphatic heterocycles. The first-order valence-corrected chi connectivity index (χ1v) is 10.0. The fourth-order valence-electron chi connectivity index (χ4n) is 3.46. The number of rotatable bonds is 2. The largest absolute Gasteiger partial charge is 0.324 e. The Bertz CT molecular complexity index is 1100. The molecular formula is C22H15BrClFN2O2. The van der Waals surface area contributed by atoms with Crippen molar-refractivity contribution in [3.05, 3.63) is 98.7 Å². The molecule has 0 fully saturated rings. The second-order valence-corrected chi connectivity index (χ2v) is 7.97. The average molecular weight is 474 g/mol. The van der Waals surface area contributed by atoms with E-state index in [1.54, 1.807) is 42.5 Å². The van der Waals surface area contributed by atoms with Crippen molar-refractivity contribution in [2.75, 3.05) is 11.9 Å². The van der Waals surface area contributed by atoms with Gasteiger partial charge in [-0.15, -0.1) is 0 Å². The number of amides is 2. The number of benzene rings is 3. The number of carbonyl (C=O) groups is 2. The zero-order chi connectivity index (χ0) is 20.5. The molecular weight excluding hydrogens is 459 g/mol. The van der Waals surface area contributed by atoms with Crippen LogP contribution >= 0.6 is 27.5 Å². The standard InChI is InChI=1S/C22H15BrClFN2O2/c23-14-7-10-19-17(11-14)21(13-5-8-15(25)9-6-13)27(12-20(28)26-19)22(29)16-3-1-2-4-18(16)24/h1-11,21H,12H2,(H,26,28)/t21-/m0/s1. The van der Waals surface area contributed by atoms with Crippen LogP contribution in [0.25, 0.3) is 0 Å². The molecule has 29 heavy (non-hydrogen) atoms. The Balaban J connectivity index is 1.91. The summed E-state index contributed by atoms with van der Waals surface area (Å²) >= 11 is 9.71. The minimum absolute atomic E-state index is 0.168. The van der Waals surface area contributed by atoms with Crippen LogP contribution in [0.1, 0.15) is 27.5 Å². The van der Waals surface area contributed by atoms with E-state index in [0.717, 1.165) is 10.0 Å². The molecule has 146 valence electrons. The molecule has 4 nitrogen and oxygen atoms in total. The lowest BCUT2D eigenvalue weighted by molar-refractivity contribution is -0.117. The normalized spacial score (nSPS) is 16.0. The van der Waals surface area contributed by atoms with Gasteiger partial charge in [0.2, 0.25) is 5.91 Å². The maximum absolute atomic E-state index is 13.6. The molecule has 1 heterocycles. The molecule has 0 aliphatic carbocycles. The summed E-state index contributed by atoms with van der Waals surface area (Å²) in [5.41, 5.74) is 2.30. The van der Waals surface area contributed by atoms with Crippen molar-refractivity contribution < 1.29 is 14.0 Å². The maximum Gasteiger partial charge on any atom is 0.256 e. The molecule has 1 aliphatic rings. The molecule has 0 spiro atoms. The molecule has 4 rings (SSSR count). The molecule has 3 aromatic carbocycles. The highest BCUT2D eigenvalue weighted by Crippen LogP contribution is 2.38. The van der Waals surface area contributed by atoms with E-state index >= 15 is 0 Å². The van der Waals surface area contributed by atoms with Crippen LogP contribution in [0.2, 0.25) is 5.02 Å². The van der Waals surface area contributed by atoms with Crippen LogP contribution < -0.4 is 5.32 Å². The van der Waals surface area contributed by atoms with Gasteiger partial charge in [0.05, 0.1) is 16.6 Å². The Morgan fingerprint density at radius 2 is 1.83 bits per heavy atom. The summed E-state index contributed by atoms with van der Waals surface area (Å²) in [6, 6.07) is 17.4. The number of fused-ring (bicyclic) bond motifs is 1. The highest BCUT2D eigenvalue weighted by atomic mass is 79.9. The molecule has 0 saturated carbocycles. The minimum atomic E-state index is -0.606. The molecule has 1 N–H and O–H groups in total. The van der Waals surface area contributed by atoms with E-state index in [0.29, 0.717) is 21.8 Å². The predicted octanol–water partition coefficient (Wildman–Crippen LogP) is 5.43. The summed E-state index contributed by atoms with van der Waals surface area (Å²) in [6.07, 6.45) is 0. The molecule has 2 amide bonds. The molecule has 0 bridgehead atoms. The van der Waals surface area contributed by atoms with Crippen LogP contribution in [0.15, 0.2) is 71.2 Å². The Morgan fingerprint density at radius 1 is 1.10 bits per heavy atom. The topological polar surface area (TPSA) is 49.4 Å². The van der Waals surface area contributed by atoms with E-state index in [1.807, 2.05) is 12.1 Å². The number of hydrogen-bond acceptors (Lipinski definition) is 2. The van der Waals surface area contributed by atoms with Crippen LogP contribution in [-0.2, 0) is 4.79 Å². The van der Waals surface area contributed by atoms with E-state index in [2.05, 4.69) is 21.2 Å². The number of carbonyl (C=O) groups excluding carboxylic acids is 2. The van der Waals surface area contributed by atoms with Gasteiger partial charge in [-0.05, 0) is 48.0 Å². The van der Waals surface area contributed by atoms with Gasteiger partial charge in [0.1, 0.15) is 12.4 Å². The monoisotopic (exact) mass is 472 g/mol. The van der Waals surface area contributed by atoms with Gasteiger partial charge in [0, 0.05) is 15.7 Å². The summed E-state index contributed by atoms with van der Waals surface area (Å²) in [4.78, 5) is 27.5. The second kappa shape index (κ2) is 7.97. The summed E-state index contributed by atoms with van der Waals surface area (Å²) in [5, 5.41) is 3.15. The van der Waals surface area contributed by atoms with E-state index < -0.39 is 6.04 Å². The fraction of sp³-hybridized carbons (Fsp3) is 0.0909. The average Bonchev–Trinajstić information content (AvgIpc) is 2.84. The van der Waals surface area contributed by atoms with E-state index in [-0.39, 0.29) is 24.2 Å². The molecule has 1 atom stereocenters. The van der Waals surface area contributed by atoms with Gasteiger partial charge in [-0.2, -0.15) is 0 Å². The number of hydrogen-bond donors (Lipinski definition) is 1. The highest BCUT2D eigenvalue weighted by molar-refractivity contribution is 9.10. The predicted molar refractivity (Wildman–Crippen MR) is 114 cm³/mol. The number of nitrogens with zero attached hydrogens (tertiary/aromatic N) is 1. The Kier molecular flexibility index (Phi) is 5.39. The Labute approximate surface area is 180 Å². The van der Waals surface area contributed by atoms with Gasteiger partial charge in [0.15, 0.2) is 0 Å². The molecule has 0 radical (unpaired) electrons. The quantitative estimate of drug-likeness (QED) is 0.540. The minimum Gasteiger partial charge on any atom is -0.324 e.